The van der Waals surface area contributed by atoms with Gasteiger partial charge >= 0.3 is 5.97 Å². The summed E-state index contributed by atoms with van der Waals surface area (Å²) in [6.07, 6.45) is 1.82. The second-order valence-electron chi connectivity index (χ2n) is 7.17. The number of carbonyl (C=O) groups is 2. The maximum atomic E-state index is 12.5. The number of amides is 1. The van der Waals surface area contributed by atoms with Crippen LogP contribution in [0.15, 0.2) is 60.7 Å². The van der Waals surface area contributed by atoms with Crippen molar-refractivity contribution >= 4 is 29.6 Å². The first-order valence-corrected chi connectivity index (χ1v) is 9.25. The summed E-state index contributed by atoms with van der Waals surface area (Å²) in [6, 6.07) is 16.0. The fourth-order valence-electron chi connectivity index (χ4n) is 2.22. The molecule has 148 valence electrons. The Morgan fingerprint density at radius 2 is 1.71 bits per heavy atom. The van der Waals surface area contributed by atoms with E-state index < -0.39 is 23.5 Å². The Balaban J connectivity index is 2.04. The highest BCUT2D eigenvalue weighted by molar-refractivity contribution is 6.30. The van der Waals surface area contributed by atoms with Crippen LogP contribution in [0.4, 0.5) is 0 Å². The third-order valence-electron chi connectivity index (χ3n) is 3.48. The summed E-state index contributed by atoms with van der Waals surface area (Å²) in [5.41, 5.74) is 0.384. The molecule has 0 spiro atoms. The number of carbonyl (C=O) groups excluding carboxylic acids is 2. The number of nitrogens with one attached hydrogen (secondary N) is 1. The summed E-state index contributed by atoms with van der Waals surface area (Å²) in [5.74, 6) is -0.533. The maximum absolute atomic E-state index is 12.5. The summed E-state index contributed by atoms with van der Waals surface area (Å²) in [7, 11) is 0. The van der Waals surface area contributed by atoms with E-state index >= 15 is 0 Å². The van der Waals surface area contributed by atoms with Crippen molar-refractivity contribution in [1.29, 1.82) is 0 Å². The zero-order valence-corrected chi connectivity index (χ0v) is 16.9. The van der Waals surface area contributed by atoms with Gasteiger partial charge in [-0.05, 0) is 56.7 Å². The Kier molecular flexibility index (Phi) is 7.64. The Bertz CT molecular complexity index is 811. The van der Waals surface area contributed by atoms with Crippen LogP contribution < -0.4 is 10.1 Å². The molecule has 1 N–H and O–H groups in total. The van der Waals surface area contributed by atoms with Crippen molar-refractivity contribution in [3.8, 4) is 5.75 Å². The fourth-order valence-corrected chi connectivity index (χ4v) is 2.35. The molecule has 0 saturated heterocycles. The van der Waals surface area contributed by atoms with Gasteiger partial charge in [-0.15, -0.1) is 0 Å². The molecule has 2 aromatic rings. The van der Waals surface area contributed by atoms with E-state index in [1.165, 1.54) is 6.08 Å². The predicted octanol–water partition coefficient (Wildman–Crippen LogP) is 4.26. The quantitative estimate of drug-likeness (QED) is 0.556. The molecule has 28 heavy (non-hydrogen) atoms. The molecule has 1 atom stereocenters. The molecular weight excluding hydrogens is 378 g/mol. The van der Waals surface area contributed by atoms with E-state index in [0.29, 0.717) is 10.8 Å². The van der Waals surface area contributed by atoms with Crippen molar-refractivity contribution in [2.75, 3.05) is 6.61 Å². The van der Waals surface area contributed by atoms with E-state index in [1.807, 2.05) is 51.1 Å². The first kappa shape index (κ1) is 21.5. The van der Waals surface area contributed by atoms with Crippen LogP contribution in [0, 0.1) is 0 Å². The third kappa shape index (κ3) is 7.84. The number of halogens is 1. The van der Waals surface area contributed by atoms with Gasteiger partial charge in [0.2, 0.25) is 6.10 Å². The number of rotatable bonds is 7. The van der Waals surface area contributed by atoms with Gasteiger partial charge < -0.3 is 14.8 Å². The van der Waals surface area contributed by atoms with Gasteiger partial charge in [0.1, 0.15) is 12.4 Å². The van der Waals surface area contributed by atoms with E-state index in [1.54, 1.807) is 30.3 Å². The highest BCUT2D eigenvalue weighted by Crippen LogP contribution is 2.16. The minimum atomic E-state index is -1.09. The Morgan fingerprint density at radius 1 is 1.07 bits per heavy atom. The largest absolute Gasteiger partial charge is 0.489 e. The standard InChI is InChI=1S/C22H24ClNO4/c1-22(2,3)24-21(26)19(15-27-18-12-10-17(23)11-13-18)28-20(25)14-9-16-7-5-4-6-8-16/h4-14,19H,15H2,1-3H3,(H,24,26)/b14-9+. The molecule has 5 nitrogen and oxygen atoms in total. The van der Waals surface area contributed by atoms with E-state index in [4.69, 9.17) is 21.1 Å². The molecule has 0 bridgehead atoms. The van der Waals surface area contributed by atoms with Gasteiger partial charge in [-0.1, -0.05) is 41.9 Å². The molecule has 6 heteroatoms. The van der Waals surface area contributed by atoms with E-state index in [2.05, 4.69) is 5.32 Å². The molecule has 0 aliphatic rings. The van der Waals surface area contributed by atoms with Crippen molar-refractivity contribution in [2.24, 2.45) is 0 Å². The van der Waals surface area contributed by atoms with E-state index in [9.17, 15) is 9.59 Å². The predicted molar refractivity (Wildman–Crippen MR) is 110 cm³/mol. The van der Waals surface area contributed by atoms with Gasteiger partial charge in [-0.2, -0.15) is 0 Å². The van der Waals surface area contributed by atoms with Crippen LogP contribution in [0.3, 0.4) is 0 Å². The van der Waals surface area contributed by atoms with Crippen LogP contribution in [-0.4, -0.2) is 30.1 Å². The lowest BCUT2D eigenvalue weighted by molar-refractivity contribution is -0.153. The Hall–Kier alpha value is -2.79. The topological polar surface area (TPSA) is 64.6 Å². The number of hydrogen-bond acceptors (Lipinski definition) is 4. The molecule has 1 unspecified atom stereocenters. The highest BCUT2D eigenvalue weighted by atomic mass is 35.5. The average Bonchev–Trinajstić information content (AvgIpc) is 2.64. The normalized spacial score (nSPS) is 12.4. The lowest BCUT2D eigenvalue weighted by atomic mass is 10.1. The molecule has 2 aromatic carbocycles. The Morgan fingerprint density at radius 3 is 2.32 bits per heavy atom. The first-order valence-electron chi connectivity index (χ1n) is 8.87. The van der Waals surface area contributed by atoms with Crippen molar-refractivity contribution in [3.63, 3.8) is 0 Å². The average molecular weight is 402 g/mol. The van der Waals surface area contributed by atoms with Crippen LogP contribution in [0.1, 0.15) is 26.3 Å². The van der Waals surface area contributed by atoms with Crippen LogP contribution in [0.2, 0.25) is 5.02 Å². The first-order chi connectivity index (χ1) is 13.2. The van der Waals surface area contributed by atoms with Gasteiger partial charge in [0, 0.05) is 16.6 Å². The number of esters is 1. The van der Waals surface area contributed by atoms with Crippen molar-refractivity contribution in [1.82, 2.24) is 5.32 Å². The van der Waals surface area contributed by atoms with Crippen molar-refractivity contribution in [3.05, 3.63) is 71.3 Å². The van der Waals surface area contributed by atoms with Crippen LogP contribution in [-0.2, 0) is 14.3 Å². The second kappa shape index (κ2) is 9.95. The number of benzene rings is 2. The third-order valence-corrected chi connectivity index (χ3v) is 3.73. The minimum absolute atomic E-state index is 0.117. The molecule has 0 aliphatic carbocycles. The zero-order chi connectivity index (χ0) is 20.6. The Labute approximate surface area is 170 Å². The summed E-state index contributed by atoms with van der Waals surface area (Å²) in [4.78, 5) is 24.7. The van der Waals surface area contributed by atoms with Crippen LogP contribution in [0.25, 0.3) is 6.08 Å². The summed E-state index contributed by atoms with van der Waals surface area (Å²) >= 11 is 5.85. The molecule has 0 radical (unpaired) electrons. The van der Waals surface area contributed by atoms with E-state index in [0.717, 1.165) is 5.56 Å². The van der Waals surface area contributed by atoms with Crippen molar-refractivity contribution < 1.29 is 19.1 Å². The molecule has 0 aliphatic heterocycles. The van der Waals surface area contributed by atoms with Gasteiger partial charge in [-0.25, -0.2) is 4.79 Å². The lowest BCUT2D eigenvalue weighted by Crippen LogP contribution is -2.49. The van der Waals surface area contributed by atoms with Gasteiger partial charge in [0.15, 0.2) is 0 Å². The van der Waals surface area contributed by atoms with Crippen LogP contribution in [0.5, 0.6) is 5.75 Å². The zero-order valence-electron chi connectivity index (χ0n) is 16.1. The molecule has 1 amide bonds. The SMILES string of the molecule is CC(C)(C)NC(=O)C(COc1ccc(Cl)cc1)OC(=O)/C=C/c1ccccc1. The molecular formula is C22H24ClNO4. The second-order valence-corrected chi connectivity index (χ2v) is 7.61. The molecule has 2 rings (SSSR count). The lowest BCUT2D eigenvalue weighted by Gasteiger charge is -2.24. The minimum Gasteiger partial charge on any atom is -0.489 e. The summed E-state index contributed by atoms with van der Waals surface area (Å²) in [5, 5.41) is 3.38. The van der Waals surface area contributed by atoms with Gasteiger partial charge in [0.25, 0.3) is 5.91 Å². The number of ether oxygens (including phenoxy) is 2. The molecule has 0 fully saturated rings. The van der Waals surface area contributed by atoms with Crippen LogP contribution >= 0.6 is 11.6 Å². The van der Waals surface area contributed by atoms with Crippen molar-refractivity contribution in [2.45, 2.75) is 32.4 Å². The smallest absolute Gasteiger partial charge is 0.331 e. The molecule has 0 aromatic heterocycles. The monoisotopic (exact) mass is 401 g/mol. The summed E-state index contributed by atoms with van der Waals surface area (Å²) in [6.45, 7) is 5.42. The fraction of sp³-hybridized carbons (Fsp3) is 0.273. The number of hydrogen-bond donors (Lipinski definition) is 1. The summed E-state index contributed by atoms with van der Waals surface area (Å²) < 4.78 is 10.9. The van der Waals surface area contributed by atoms with E-state index in [-0.39, 0.29) is 6.61 Å². The molecule has 0 saturated carbocycles. The van der Waals surface area contributed by atoms with Gasteiger partial charge in [-0.3, -0.25) is 4.79 Å². The molecule has 0 heterocycles. The highest BCUT2D eigenvalue weighted by Gasteiger charge is 2.26. The maximum Gasteiger partial charge on any atom is 0.331 e. The van der Waals surface area contributed by atoms with Gasteiger partial charge in [0.05, 0.1) is 0 Å².